The summed E-state index contributed by atoms with van der Waals surface area (Å²) in [6.07, 6.45) is 3.21. The molecule has 0 aromatic rings. The van der Waals surface area contributed by atoms with Gasteiger partial charge in [-0.2, -0.15) is 0 Å². The van der Waals surface area contributed by atoms with Crippen LogP contribution in [0.15, 0.2) is 0 Å². The molecule has 2 atom stereocenters. The summed E-state index contributed by atoms with van der Waals surface area (Å²) in [5.74, 6) is 0.558. The minimum Gasteiger partial charge on any atom is -0.393 e. The van der Waals surface area contributed by atoms with Gasteiger partial charge < -0.3 is 15.3 Å². The first kappa shape index (κ1) is 14.5. The fourth-order valence-electron chi connectivity index (χ4n) is 2.19. The Bertz CT molecular complexity index is 225. The standard InChI is InChI=1S/C13H26N2O2/c1-11(10-15-7-3-4-8-15)9-14-13(17)6-5-12(2)16/h11-12,16H,3-10H2,1-2H3,(H,14,17). The molecule has 0 spiro atoms. The SMILES string of the molecule is CC(O)CCC(=O)NCC(C)CN1CCCC1. The Labute approximate surface area is 104 Å². The Hall–Kier alpha value is -0.610. The molecule has 0 bridgehead atoms. The first-order valence-corrected chi connectivity index (χ1v) is 6.75. The Morgan fingerprint density at radius 1 is 1.35 bits per heavy atom. The Morgan fingerprint density at radius 3 is 2.59 bits per heavy atom. The van der Waals surface area contributed by atoms with E-state index in [4.69, 9.17) is 5.11 Å². The Morgan fingerprint density at radius 2 is 2.00 bits per heavy atom. The Balaban J connectivity index is 2.05. The molecule has 0 saturated carbocycles. The van der Waals surface area contributed by atoms with Gasteiger partial charge in [0.2, 0.25) is 5.91 Å². The van der Waals surface area contributed by atoms with Crippen molar-refractivity contribution in [3.05, 3.63) is 0 Å². The Kier molecular flexibility index (Phi) is 6.52. The van der Waals surface area contributed by atoms with E-state index in [0.717, 1.165) is 13.1 Å². The average molecular weight is 242 g/mol. The quantitative estimate of drug-likeness (QED) is 0.700. The molecule has 0 aromatic heterocycles. The highest BCUT2D eigenvalue weighted by atomic mass is 16.3. The monoisotopic (exact) mass is 242 g/mol. The van der Waals surface area contributed by atoms with E-state index in [9.17, 15) is 4.79 Å². The van der Waals surface area contributed by atoms with Gasteiger partial charge in [-0.25, -0.2) is 0 Å². The molecule has 17 heavy (non-hydrogen) atoms. The summed E-state index contributed by atoms with van der Waals surface area (Å²) >= 11 is 0. The van der Waals surface area contributed by atoms with Crippen molar-refractivity contribution in [1.82, 2.24) is 10.2 Å². The van der Waals surface area contributed by atoms with Crippen LogP contribution in [0.4, 0.5) is 0 Å². The molecular weight excluding hydrogens is 216 g/mol. The zero-order chi connectivity index (χ0) is 12.7. The van der Waals surface area contributed by atoms with E-state index in [1.54, 1.807) is 6.92 Å². The molecule has 0 radical (unpaired) electrons. The van der Waals surface area contributed by atoms with E-state index in [1.165, 1.54) is 25.9 Å². The molecule has 100 valence electrons. The molecule has 1 rings (SSSR count). The average Bonchev–Trinajstić information content (AvgIpc) is 2.76. The van der Waals surface area contributed by atoms with E-state index in [-0.39, 0.29) is 12.0 Å². The smallest absolute Gasteiger partial charge is 0.220 e. The van der Waals surface area contributed by atoms with Crippen LogP contribution in [0.5, 0.6) is 0 Å². The number of aliphatic hydroxyl groups is 1. The second kappa shape index (κ2) is 7.67. The van der Waals surface area contributed by atoms with Crippen molar-refractivity contribution >= 4 is 5.91 Å². The molecule has 2 unspecified atom stereocenters. The van der Waals surface area contributed by atoms with Crippen LogP contribution < -0.4 is 5.32 Å². The molecule has 1 saturated heterocycles. The summed E-state index contributed by atoms with van der Waals surface area (Å²) in [5, 5.41) is 12.0. The molecule has 1 aliphatic heterocycles. The molecule has 0 aliphatic carbocycles. The van der Waals surface area contributed by atoms with Crippen molar-refractivity contribution in [1.29, 1.82) is 0 Å². The minimum atomic E-state index is -0.386. The number of aliphatic hydroxyl groups excluding tert-OH is 1. The second-order valence-electron chi connectivity index (χ2n) is 5.30. The zero-order valence-electron chi connectivity index (χ0n) is 11.1. The zero-order valence-corrected chi connectivity index (χ0v) is 11.1. The van der Waals surface area contributed by atoms with Gasteiger partial charge in [-0.3, -0.25) is 4.79 Å². The third-order valence-electron chi connectivity index (χ3n) is 3.21. The molecule has 1 fully saturated rings. The number of hydrogen-bond acceptors (Lipinski definition) is 3. The first-order valence-electron chi connectivity index (χ1n) is 6.75. The van der Waals surface area contributed by atoms with E-state index in [0.29, 0.717) is 18.8 Å². The van der Waals surface area contributed by atoms with Crippen LogP contribution >= 0.6 is 0 Å². The van der Waals surface area contributed by atoms with E-state index in [2.05, 4.69) is 17.1 Å². The number of nitrogens with zero attached hydrogens (tertiary/aromatic N) is 1. The lowest BCUT2D eigenvalue weighted by Crippen LogP contribution is -2.34. The van der Waals surface area contributed by atoms with E-state index in [1.807, 2.05) is 0 Å². The molecule has 4 heteroatoms. The van der Waals surface area contributed by atoms with Crippen LogP contribution in [0.2, 0.25) is 0 Å². The highest BCUT2D eigenvalue weighted by Gasteiger charge is 2.15. The molecule has 4 nitrogen and oxygen atoms in total. The van der Waals surface area contributed by atoms with Gasteiger partial charge in [-0.1, -0.05) is 6.92 Å². The van der Waals surface area contributed by atoms with Gasteiger partial charge in [-0.15, -0.1) is 0 Å². The fraction of sp³-hybridized carbons (Fsp3) is 0.923. The fourth-order valence-corrected chi connectivity index (χ4v) is 2.19. The number of carbonyl (C=O) groups excluding carboxylic acids is 1. The van der Waals surface area contributed by atoms with Crippen LogP contribution in [0.25, 0.3) is 0 Å². The highest BCUT2D eigenvalue weighted by Crippen LogP contribution is 2.09. The predicted octanol–water partition coefficient (Wildman–Crippen LogP) is 0.995. The molecule has 1 heterocycles. The minimum absolute atomic E-state index is 0.0548. The third kappa shape index (κ3) is 6.64. The number of amides is 1. The lowest BCUT2D eigenvalue weighted by molar-refractivity contribution is -0.121. The van der Waals surface area contributed by atoms with Gasteiger partial charge in [-0.05, 0) is 45.2 Å². The highest BCUT2D eigenvalue weighted by molar-refractivity contribution is 5.75. The number of carbonyl (C=O) groups is 1. The summed E-state index contributed by atoms with van der Waals surface area (Å²) in [4.78, 5) is 13.9. The second-order valence-corrected chi connectivity index (χ2v) is 5.30. The third-order valence-corrected chi connectivity index (χ3v) is 3.21. The van der Waals surface area contributed by atoms with Gasteiger partial charge in [0.05, 0.1) is 6.10 Å². The number of rotatable bonds is 7. The van der Waals surface area contributed by atoms with Crippen molar-refractivity contribution < 1.29 is 9.90 Å². The number of hydrogen-bond donors (Lipinski definition) is 2. The summed E-state index contributed by atoms with van der Waals surface area (Å²) < 4.78 is 0. The molecule has 2 N–H and O–H groups in total. The first-order chi connectivity index (χ1) is 8.08. The summed E-state index contributed by atoms with van der Waals surface area (Å²) in [5.41, 5.74) is 0. The van der Waals surface area contributed by atoms with Crippen LogP contribution in [-0.4, -0.2) is 48.2 Å². The van der Waals surface area contributed by atoms with Gasteiger partial charge in [0.25, 0.3) is 0 Å². The lowest BCUT2D eigenvalue weighted by atomic mass is 10.1. The molecular formula is C13H26N2O2. The largest absolute Gasteiger partial charge is 0.393 e. The maximum absolute atomic E-state index is 11.5. The van der Waals surface area contributed by atoms with Crippen LogP contribution in [0.1, 0.15) is 39.5 Å². The van der Waals surface area contributed by atoms with Crippen molar-refractivity contribution in [2.24, 2.45) is 5.92 Å². The van der Waals surface area contributed by atoms with Crippen LogP contribution in [0, 0.1) is 5.92 Å². The summed E-state index contributed by atoms with van der Waals surface area (Å²) in [6, 6.07) is 0. The number of nitrogens with one attached hydrogen (secondary N) is 1. The van der Waals surface area contributed by atoms with Crippen molar-refractivity contribution in [3.63, 3.8) is 0 Å². The lowest BCUT2D eigenvalue weighted by Gasteiger charge is -2.20. The molecule has 0 aromatic carbocycles. The van der Waals surface area contributed by atoms with Crippen LogP contribution in [-0.2, 0) is 4.79 Å². The predicted molar refractivity (Wildman–Crippen MR) is 68.8 cm³/mol. The van der Waals surface area contributed by atoms with Gasteiger partial charge in [0.15, 0.2) is 0 Å². The maximum Gasteiger partial charge on any atom is 0.220 e. The summed E-state index contributed by atoms with van der Waals surface area (Å²) in [6.45, 7) is 8.13. The van der Waals surface area contributed by atoms with Gasteiger partial charge in [0, 0.05) is 19.5 Å². The van der Waals surface area contributed by atoms with E-state index < -0.39 is 0 Å². The van der Waals surface area contributed by atoms with Crippen molar-refractivity contribution in [2.45, 2.75) is 45.6 Å². The summed E-state index contributed by atoms with van der Waals surface area (Å²) in [7, 11) is 0. The van der Waals surface area contributed by atoms with Crippen molar-refractivity contribution in [3.8, 4) is 0 Å². The van der Waals surface area contributed by atoms with E-state index >= 15 is 0 Å². The number of likely N-dealkylation sites (tertiary alicyclic amines) is 1. The van der Waals surface area contributed by atoms with Crippen molar-refractivity contribution in [2.75, 3.05) is 26.2 Å². The van der Waals surface area contributed by atoms with Crippen LogP contribution in [0.3, 0.4) is 0 Å². The molecule has 1 aliphatic rings. The van der Waals surface area contributed by atoms with Gasteiger partial charge in [0.1, 0.15) is 0 Å². The normalized spacial score (nSPS) is 20.2. The topological polar surface area (TPSA) is 52.6 Å². The van der Waals surface area contributed by atoms with Gasteiger partial charge >= 0.3 is 0 Å². The molecule has 1 amide bonds. The maximum atomic E-state index is 11.5.